The lowest BCUT2D eigenvalue weighted by Crippen LogP contribution is -2.43. The second kappa shape index (κ2) is 7.26. The van der Waals surface area contributed by atoms with Gasteiger partial charge in [-0.2, -0.15) is 4.98 Å². The summed E-state index contributed by atoms with van der Waals surface area (Å²) in [4.78, 5) is 29.7. The van der Waals surface area contributed by atoms with Gasteiger partial charge in [-0.25, -0.2) is 9.98 Å². The van der Waals surface area contributed by atoms with E-state index in [1.165, 1.54) is 0 Å². The van der Waals surface area contributed by atoms with E-state index < -0.39 is 14.5 Å². The first kappa shape index (κ1) is 21.2. The van der Waals surface area contributed by atoms with E-state index in [-0.39, 0.29) is 40.4 Å². The molecule has 164 valence electrons. The molecule has 0 saturated carbocycles. The van der Waals surface area contributed by atoms with Gasteiger partial charge in [0.05, 0.1) is 19.3 Å². The van der Waals surface area contributed by atoms with Crippen molar-refractivity contribution in [2.75, 3.05) is 20.7 Å². The number of ether oxygens (including phenoxy) is 2. The van der Waals surface area contributed by atoms with Crippen molar-refractivity contribution < 1.29 is 13.9 Å². The summed E-state index contributed by atoms with van der Waals surface area (Å²) in [5.41, 5.74) is 0.337. The molecular formula is C19H30N6O4Si. The van der Waals surface area contributed by atoms with Crippen molar-refractivity contribution in [3.8, 4) is 0 Å². The predicted octanol–water partition coefficient (Wildman–Crippen LogP) is 2.03. The highest BCUT2D eigenvalue weighted by molar-refractivity contribution is 6.74. The second-order valence-corrected chi connectivity index (χ2v) is 14.4. The van der Waals surface area contributed by atoms with Crippen LogP contribution in [0.2, 0.25) is 18.1 Å². The Balaban J connectivity index is 1.55. The van der Waals surface area contributed by atoms with Crippen LogP contribution >= 0.6 is 0 Å². The number of nitrogens with zero attached hydrogens (tertiary/aromatic N) is 5. The molecule has 30 heavy (non-hydrogen) atoms. The van der Waals surface area contributed by atoms with Gasteiger partial charge in [0.25, 0.3) is 5.56 Å². The lowest BCUT2D eigenvalue weighted by molar-refractivity contribution is -0.0803. The molecule has 0 radical (unpaired) electrons. The average molecular weight is 435 g/mol. The van der Waals surface area contributed by atoms with E-state index in [0.717, 1.165) is 0 Å². The quantitative estimate of drug-likeness (QED) is 0.320. The summed E-state index contributed by atoms with van der Waals surface area (Å²) in [6.07, 6.45) is 2.50. The zero-order chi connectivity index (χ0) is 21.8. The maximum atomic E-state index is 12.4. The summed E-state index contributed by atoms with van der Waals surface area (Å²) in [5, 5.41) is 0.129. The first-order valence-corrected chi connectivity index (χ1v) is 13.0. The number of hydrogen-bond acceptors (Lipinski definition) is 7. The zero-order valence-corrected chi connectivity index (χ0v) is 19.5. The first-order chi connectivity index (χ1) is 14.0. The topological polar surface area (TPSA) is 110 Å². The van der Waals surface area contributed by atoms with Crippen molar-refractivity contribution in [2.45, 2.75) is 63.4 Å². The van der Waals surface area contributed by atoms with E-state index in [1.54, 1.807) is 22.1 Å². The Labute approximate surface area is 176 Å². The van der Waals surface area contributed by atoms with Gasteiger partial charge >= 0.3 is 0 Å². The largest absolute Gasteiger partial charge is 0.414 e. The molecule has 2 aliphatic rings. The first-order valence-electron chi connectivity index (χ1n) is 10.1. The molecule has 2 fully saturated rings. The molecule has 0 amide bonds. The summed E-state index contributed by atoms with van der Waals surface area (Å²) in [6.45, 7) is 11.6. The van der Waals surface area contributed by atoms with Gasteiger partial charge in [0.1, 0.15) is 18.3 Å². The lowest BCUT2D eigenvalue weighted by atomic mass is 10.2. The van der Waals surface area contributed by atoms with E-state index in [0.29, 0.717) is 12.3 Å². The normalized spacial score (nSPS) is 26.5. The number of rotatable bonds is 6. The SMILES string of the molecule is CN(C)/C=N/c1nc2c(ncn2[C@@H]2O[C@H](CO[Si](C)(C)C(C)(C)C)[C@H]3O[C@H]32)c(=O)[nH]1. The van der Waals surface area contributed by atoms with Gasteiger partial charge in [-0.1, -0.05) is 20.8 Å². The fourth-order valence-corrected chi connectivity index (χ4v) is 4.21. The number of epoxide rings is 1. The van der Waals surface area contributed by atoms with Crippen molar-refractivity contribution >= 4 is 31.8 Å². The number of aromatic amines is 1. The smallest absolute Gasteiger partial charge is 0.280 e. The van der Waals surface area contributed by atoms with Crippen molar-refractivity contribution in [3.63, 3.8) is 0 Å². The molecule has 2 aromatic rings. The number of fused-ring (bicyclic) bond motifs is 2. The fraction of sp³-hybridized carbons (Fsp3) is 0.684. The van der Waals surface area contributed by atoms with E-state index >= 15 is 0 Å². The number of hydrogen-bond donors (Lipinski definition) is 1. The fourth-order valence-electron chi connectivity index (χ4n) is 3.20. The number of imidazole rings is 1. The molecule has 0 aromatic carbocycles. The van der Waals surface area contributed by atoms with Gasteiger partial charge in [0.2, 0.25) is 5.95 Å². The predicted molar refractivity (Wildman–Crippen MR) is 116 cm³/mol. The van der Waals surface area contributed by atoms with Crippen LogP contribution in [-0.4, -0.2) is 78.1 Å². The maximum Gasteiger partial charge on any atom is 0.280 e. The van der Waals surface area contributed by atoms with Crippen LogP contribution in [-0.2, 0) is 13.9 Å². The summed E-state index contributed by atoms with van der Waals surface area (Å²) >= 11 is 0. The minimum Gasteiger partial charge on any atom is -0.414 e. The molecule has 0 aliphatic carbocycles. The van der Waals surface area contributed by atoms with Crippen LogP contribution in [0.15, 0.2) is 16.1 Å². The Kier molecular flexibility index (Phi) is 5.12. The van der Waals surface area contributed by atoms with Crippen LogP contribution in [0, 0.1) is 0 Å². The molecular weight excluding hydrogens is 404 g/mol. The summed E-state index contributed by atoms with van der Waals surface area (Å²) in [6, 6.07) is 0. The third kappa shape index (κ3) is 3.82. The molecule has 4 rings (SSSR count). The van der Waals surface area contributed by atoms with Gasteiger partial charge in [-0.15, -0.1) is 0 Å². The third-order valence-electron chi connectivity index (χ3n) is 6.04. The van der Waals surface area contributed by atoms with Crippen LogP contribution in [0.5, 0.6) is 0 Å². The summed E-state index contributed by atoms with van der Waals surface area (Å²) in [7, 11) is 1.80. The standard InChI is InChI=1S/C19H30N6O4Si/c1-19(2,3)30(6,7)27-8-11-13-14(29-13)17(28-11)25-10-20-12-15(25)22-18(23-16(12)26)21-9-24(4)5/h9-11,13-14,17H,8H2,1-7H3,(H,22,23,26)/b21-9+/t11-,13-,14-,17-/m1/s1. The van der Waals surface area contributed by atoms with Crippen molar-refractivity contribution in [1.82, 2.24) is 24.4 Å². The highest BCUT2D eigenvalue weighted by atomic mass is 28.4. The van der Waals surface area contributed by atoms with Crippen LogP contribution in [0.25, 0.3) is 11.2 Å². The number of aromatic nitrogens is 4. The van der Waals surface area contributed by atoms with Gasteiger partial charge in [0.15, 0.2) is 25.7 Å². The third-order valence-corrected chi connectivity index (χ3v) is 10.5. The minimum atomic E-state index is -1.88. The van der Waals surface area contributed by atoms with Gasteiger partial charge < -0.3 is 18.8 Å². The second-order valence-electron chi connectivity index (χ2n) is 9.62. The van der Waals surface area contributed by atoms with Gasteiger partial charge in [0, 0.05) is 14.1 Å². The van der Waals surface area contributed by atoms with Crippen LogP contribution in [0.3, 0.4) is 0 Å². The average Bonchev–Trinajstić information content (AvgIpc) is 3.17. The molecule has 0 unspecified atom stereocenters. The van der Waals surface area contributed by atoms with Crippen molar-refractivity contribution in [2.24, 2.45) is 4.99 Å². The Morgan fingerprint density at radius 3 is 2.73 bits per heavy atom. The molecule has 0 spiro atoms. The summed E-state index contributed by atoms with van der Waals surface area (Å²) < 4.78 is 20.2. The molecule has 4 heterocycles. The van der Waals surface area contributed by atoms with Gasteiger partial charge in [-0.3, -0.25) is 14.3 Å². The van der Waals surface area contributed by atoms with Gasteiger partial charge in [-0.05, 0) is 18.1 Å². The van der Waals surface area contributed by atoms with E-state index in [2.05, 4.69) is 53.8 Å². The molecule has 2 saturated heterocycles. The van der Waals surface area contributed by atoms with E-state index in [9.17, 15) is 4.79 Å². The Bertz CT molecular complexity index is 1020. The molecule has 11 heteroatoms. The van der Waals surface area contributed by atoms with E-state index in [4.69, 9.17) is 13.9 Å². The molecule has 1 N–H and O–H groups in total. The van der Waals surface area contributed by atoms with Crippen molar-refractivity contribution in [3.05, 3.63) is 16.7 Å². The monoisotopic (exact) mass is 434 g/mol. The molecule has 10 nitrogen and oxygen atoms in total. The zero-order valence-electron chi connectivity index (χ0n) is 18.5. The maximum absolute atomic E-state index is 12.4. The van der Waals surface area contributed by atoms with E-state index in [1.807, 2.05) is 14.1 Å². The number of aliphatic imine (C=N–C) groups is 1. The molecule has 0 bridgehead atoms. The molecule has 4 atom stereocenters. The summed E-state index contributed by atoms with van der Waals surface area (Å²) in [5.74, 6) is 0.215. The lowest BCUT2D eigenvalue weighted by Gasteiger charge is -2.37. The number of H-pyrrole nitrogens is 1. The highest BCUT2D eigenvalue weighted by Crippen LogP contribution is 2.46. The highest BCUT2D eigenvalue weighted by Gasteiger charge is 2.59. The Hall–Kier alpha value is -2.08. The van der Waals surface area contributed by atoms with Crippen molar-refractivity contribution in [1.29, 1.82) is 0 Å². The van der Waals surface area contributed by atoms with Crippen LogP contribution in [0.1, 0.15) is 27.0 Å². The van der Waals surface area contributed by atoms with Crippen LogP contribution in [0.4, 0.5) is 5.95 Å². The number of nitrogens with one attached hydrogen (secondary N) is 1. The Morgan fingerprint density at radius 1 is 1.33 bits per heavy atom. The molecule has 2 aromatic heterocycles. The van der Waals surface area contributed by atoms with Crippen LogP contribution < -0.4 is 5.56 Å². The molecule has 2 aliphatic heterocycles. The Morgan fingerprint density at radius 2 is 2.07 bits per heavy atom. The minimum absolute atomic E-state index is 0.00885.